The van der Waals surface area contributed by atoms with Crippen molar-refractivity contribution >= 4 is 11.6 Å². The van der Waals surface area contributed by atoms with Gasteiger partial charge in [0.2, 0.25) is 0 Å². The summed E-state index contributed by atoms with van der Waals surface area (Å²) in [5.74, 6) is -0.789. The van der Waals surface area contributed by atoms with Crippen molar-refractivity contribution in [1.29, 1.82) is 0 Å². The first-order chi connectivity index (χ1) is 7.52. The first kappa shape index (κ1) is 11.8. The Bertz CT molecular complexity index is 403. The van der Waals surface area contributed by atoms with Gasteiger partial charge in [-0.3, -0.25) is 0 Å². The molecule has 1 aliphatic carbocycles. The van der Waals surface area contributed by atoms with E-state index in [1.807, 2.05) is 6.92 Å². The Balaban J connectivity index is 2.44. The molecule has 1 fully saturated rings. The van der Waals surface area contributed by atoms with Gasteiger partial charge in [0.05, 0.1) is 0 Å². The molecular formula is C13H15ClF2. The molecule has 0 N–H and O–H groups in total. The number of aryl methyl sites for hydroxylation is 1. The average Bonchev–Trinajstić information content (AvgIpc) is 2.56. The molecule has 1 aromatic rings. The first-order valence-electron chi connectivity index (χ1n) is 5.61. The Labute approximate surface area is 99.6 Å². The van der Waals surface area contributed by atoms with Crippen molar-refractivity contribution in [3.63, 3.8) is 0 Å². The van der Waals surface area contributed by atoms with E-state index in [1.165, 1.54) is 12.1 Å². The molecule has 0 aromatic heterocycles. The summed E-state index contributed by atoms with van der Waals surface area (Å²) in [4.78, 5) is 0. The standard InChI is InChI=1S/C13H15ClF2/c1-7-3-6-11(15)12(13(7)16)9-4-5-10(14)8(9)2/h3,6,8-10H,4-5H2,1-2H3. The van der Waals surface area contributed by atoms with Gasteiger partial charge in [-0.1, -0.05) is 13.0 Å². The Morgan fingerprint density at radius 2 is 1.94 bits per heavy atom. The Kier molecular flexibility index (Phi) is 3.20. The molecule has 3 unspecified atom stereocenters. The monoisotopic (exact) mass is 244 g/mol. The number of hydrogen-bond acceptors (Lipinski definition) is 0. The van der Waals surface area contributed by atoms with Gasteiger partial charge >= 0.3 is 0 Å². The highest BCUT2D eigenvalue weighted by Gasteiger charge is 2.35. The minimum atomic E-state index is -0.439. The van der Waals surface area contributed by atoms with E-state index in [-0.39, 0.29) is 22.8 Å². The summed E-state index contributed by atoms with van der Waals surface area (Å²) in [5, 5.41) is 0.0318. The molecule has 1 aliphatic rings. The fraction of sp³-hybridized carbons (Fsp3) is 0.538. The summed E-state index contributed by atoms with van der Waals surface area (Å²) in [5.41, 5.74) is 0.734. The molecule has 16 heavy (non-hydrogen) atoms. The number of rotatable bonds is 1. The number of hydrogen-bond donors (Lipinski definition) is 0. The molecule has 1 saturated carbocycles. The third-order valence-corrected chi connectivity index (χ3v) is 4.26. The summed E-state index contributed by atoms with van der Waals surface area (Å²) in [6.45, 7) is 3.63. The molecule has 0 nitrogen and oxygen atoms in total. The van der Waals surface area contributed by atoms with Crippen LogP contribution in [-0.2, 0) is 0 Å². The van der Waals surface area contributed by atoms with Crippen LogP contribution in [0.2, 0.25) is 0 Å². The highest BCUT2D eigenvalue weighted by molar-refractivity contribution is 6.21. The van der Waals surface area contributed by atoms with Crippen LogP contribution < -0.4 is 0 Å². The van der Waals surface area contributed by atoms with Crippen molar-refractivity contribution < 1.29 is 8.78 Å². The summed E-state index contributed by atoms with van der Waals surface area (Å²) in [6.07, 6.45) is 1.60. The van der Waals surface area contributed by atoms with Crippen LogP contribution in [0.25, 0.3) is 0 Å². The molecule has 3 heteroatoms. The molecule has 1 aromatic carbocycles. The Morgan fingerprint density at radius 3 is 2.50 bits per heavy atom. The normalized spacial score (nSPS) is 29.7. The van der Waals surface area contributed by atoms with Gasteiger partial charge in [-0.25, -0.2) is 8.78 Å². The van der Waals surface area contributed by atoms with Crippen molar-refractivity contribution in [3.05, 3.63) is 34.9 Å². The van der Waals surface area contributed by atoms with Crippen LogP contribution in [0.3, 0.4) is 0 Å². The molecule has 0 amide bonds. The van der Waals surface area contributed by atoms with E-state index in [0.29, 0.717) is 5.56 Å². The van der Waals surface area contributed by atoms with E-state index in [2.05, 4.69) is 0 Å². The van der Waals surface area contributed by atoms with E-state index in [1.54, 1.807) is 6.92 Å². The summed E-state index contributed by atoms with van der Waals surface area (Å²) < 4.78 is 27.6. The predicted octanol–water partition coefficient (Wildman–Crippen LogP) is 4.39. The molecule has 0 aliphatic heterocycles. The largest absolute Gasteiger partial charge is 0.207 e. The predicted molar refractivity (Wildman–Crippen MR) is 61.9 cm³/mol. The van der Waals surface area contributed by atoms with Crippen molar-refractivity contribution in [1.82, 2.24) is 0 Å². The highest BCUT2D eigenvalue weighted by Crippen LogP contribution is 2.44. The zero-order valence-corrected chi connectivity index (χ0v) is 10.2. The maximum atomic E-state index is 13.9. The SMILES string of the molecule is Cc1ccc(F)c(C2CCC(Cl)C2C)c1F. The lowest BCUT2D eigenvalue weighted by Crippen LogP contribution is -2.13. The van der Waals surface area contributed by atoms with Crippen LogP contribution in [0, 0.1) is 24.5 Å². The zero-order chi connectivity index (χ0) is 11.9. The zero-order valence-electron chi connectivity index (χ0n) is 9.43. The van der Waals surface area contributed by atoms with Crippen molar-refractivity contribution in [2.45, 2.75) is 38.0 Å². The topological polar surface area (TPSA) is 0 Å². The van der Waals surface area contributed by atoms with Crippen LogP contribution in [0.4, 0.5) is 8.78 Å². The van der Waals surface area contributed by atoms with Crippen molar-refractivity contribution in [2.75, 3.05) is 0 Å². The molecule has 0 saturated heterocycles. The van der Waals surface area contributed by atoms with Gasteiger partial charge in [0.1, 0.15) is 11.6 Å². The number of halogens is 3. The highest BCUT2D eigenvalue weighted by atomic mass is 35.5. The molecule has 2 rings (SSSR count). The van der Waals surface area contributed by atoms with E-state index >= 15 is 0 Å². The van der Waals surface area contributed by atoms with E-state index < -0.39 is 11.6 Å². The fourth-order valence-corrected chi connectivity index (χ4v) is 2.84. The lowest BCUT2D eigenvalue weighted by Gasteiger charge is -2.19. The maximum absolute atomic E-state index is 13.9. The van der Waals surface area contributed by atoms with Gasteiger partial charge in [-0.05, 0) is 43.2 Å². The third-order valence-electron chi connectivity index (χ3n) is 3.65. The van der Waals surface area contributed by atoms with Crippen LogP contribution in [-0.4, -0.2) is 5.38 Å². The lowest BCUT2D eigenvalue weighted by atomic mass is 9.88. The summed E-state index contributed by atoms with van der Waals surface area (Å²) in [6, 6.07) is 2.83. The molecular weight excluding hydrogens is 230 g/mol. The minimum absolute atomic E-state index is 0.0318. The van der Waals surface area contributed by atoms with Crippen LogP contribution in [0.1, 0.15) is 36.8 Å². The lowest BCUT2D eigenvalue weighted by molar-refractivity contribution is 0.467. The van der Waals surface area contributed by atoms with Crippen molar-refractivity contribution in [2.24, 2.45) is 5.92 Å². The summed E-state index contributed by atoms with van der Waals surface area (Å²) >= 11 is 6.11. The number of alkyl halides is 1. The van der Waals surface area contributed by atoms with Crippen LogP contribution in [0.15, 0.2) is 12.1 Å². The molecule has 0 bridgehead atoms. The fourth-order valence-electron chi connectivity index (χ4n) is 2.54. The van der Waals surface area contributed by atoms with E-state index in [4.69, 9.17) is 11.6 Å². The minimum Gasteiger partial charge on any atom is -0.207 e. The maximum Gasteiger partial charge on any atom is 0.132 e. The molecule has 88 valence electrons. The second-order valence-electron chi connectivity index (χ2n) is 4.65. The Hall–Kier alpha value is -0.630. The van der Waals surface area contributed by atoms with E-state index in [0.717, 1.165) is 12.8 Å². The molecule has 0 heterocycles. The first-order valence-corrected chi connectivity index (χ1v) is 6.04. The Morgan fingerprint density at radius 1 is 1.25 bits per heavy atom. The van der Waals surface area contributed by atoms with Gasteiger partial charge in [0.25, 0.3) is 0 Å². The second-order valence-corrected chi connectivity index (χ2v) is 5.21. The summed E-state index contributed by atoms with van der Waals surface area (Å²) in [7, 11) is 0. The number of benzene rings is 1. The third kappa shape index (κ3) is 1.84. The quantitative estimate of drug-likeness (QED) is 0.643. The smallest absolute Gasteiger partial charge is 0.132 e. The molecule has 0 spiro atoms. The second kappa shape index (κ2) is 4.33. The van der Waals surface area contributed by atoms with Crippen LogP contribution in [0.5, 0.6) is 0 Å². The van der Waals surface area contributed by atoms with Gasteiger partial charge < -0.3 is 0 Å². The van der Waals surface area contributed by atoms with Gasteiger partial charge in [-0.2, -0.15) is 0 Å². The molecule has 3 atom stereocenters. The van der Waals surface area contributed by atoms with Crippen molar-refractivity contribution in [3.8, 4) is 0 Å². The average molecular weight is 245 g/mol. The van der Waals surface area contributed by atoms with Gasteiger partial charge in [0.15, 0.2) is 0 Å². The van der Waals surface area contributed by atoms with Gasteiger partial charge in [-0.15, -0.1) is 11.6 Å². The van der Waals surface area contributed by atoms with E-state index in [9.17, 15) is 8.78 Å². The van der Waals surface area contributed by atoms with Gasteiger partial charge in [0, 0.05) is 10.9 Å². The van der Waals surface area contributed by atoms with Crippen LogP contribution >= 0.6 is 11.6 Å². The molecule has 0 radical (unpaired) electrons.